The summed E-state index contributed by atoms with van der Waals surface area (Å²) < 4.78 is 24.6. The average Bonchev–Trinajstić information content (AvgIpc) is 2.01. The van der Waals surface area contributed by atoms with Crippen LogP contribution in [0, 0.1) is 6.92 Å². The van der Waals surface area contributed by atoms with Crippen molar-refractivity contribution in [3.63, 3.8) is 0 Å². The van der Waals surface area contributed by atoms with Gasteiger partial charge in [0, 0.05) is 5.69 Å². The number of sulfonamides is 1. The smallest absolute Gasteiger partial charge is 0.310 e. The zero-order valence-corrected chi connectivity index (χ0v) is 8.36. The van der Waals surface area contributed by atoms with Crippen molar-refractivity contribution in [1.29, 1.82) is 0 Å². The van der Waals surface area contributed by atoms with Crippen molar-refractivity contribution in [2.75, 3.05) is 7.05 Å². The van der Waals surface area contributed by atoms with Crippen molar-refractivity contribution in [2.24, 2.45) is 0 Å². The van der Waals surface area contributed by atoms with Crippen LogP contribution < -0.4 is 16.0 Å². The summed E-state index contributed by atoms with van der Waals surface area (Å²) in [6.07, 6.45) is 0. The highest BCUT2D eigenvalue weighted by molar-refractivity contribution is 7.89. The summed E-state index contributed by atoms with van der Waals surface area (Å²) in [5.74, 6) is 0. The molecule has 8 heteroatoms. The number of nitrogens with one attached hydrogen (secondary N) is 3. The average molecular weight is 219 g/mol. The van der Waals surface area contributed by atoms with Crippen LogP contribution in [0.15, 0.2) is 14.5 Å². The number of aromatic nitrogens is 2. The van der Waals surface area contributed by atoms with Crippen molar-refractivity contribution in [3.05, 3.63) is 26.5 Å². The maximum Gasteiger partial charge on any atom is 0.325 e. The van der Waals surface area contributed by atoms with Crippen LogP contribution in [0.5, 0.6) is 0 Å². The SMILES string of the molecule is CNS(=O)(=O)c1c(C)[nH]c(=O)[nH]c1=O. The molecule has 14 heavy (non-hydrogen) atoms. The Morgan fingerprint density at radius 1 is 1.21 bits per heavy atom. The van der Waals surface area contributed by atoms with Crippen LogP contribution in [0.2, 0.25) is 0 Å². The van der Waals surface area contributed by atoms with E-state index in [1.807, 2.05) is 9.71 Å². The Bertz CT molecular complexity index is 553. The first kappa shape index (κ1) is 10.7. The summed E-state index contributed by atoms with van der Waals surface area (Å²) in [4.78, 5) is 25.5. The zero-order chi connectivity index (χ0) is 10.9. The van der Waals surface area contributed by atoms with Gasteiger partial charge in [-0.15, -0.1) is 0 Å². The lowest BCUT2D eigenvalue weighted by Gasteiger charge is -2.03. The van der Waals surface area contributed by atoms with E-state index in [0.29, 0.717) is 0 Å². The summed E-state index contributed by atoms with van der Waals surface area (Å²) >= 11 is 0. The van der Waals surface area contributed by atoms with Gasteiger partial charge >= 0.3 is 5.69 Å². The minimum atomic E-state index is -3.84. The molecule has 0 radical (unpaired) electrons. The van der Waals surface area contributed by atoms with E-state index in [2.05, 4.69) is 4.98 Å². The lowest BCUT2D eigenvalue weighted by Crippen LogP contribution is -2.33. The first-order valence-electron chi connectivity index (χ1n) is 3.65. The van der Waals surface area contributed by atoms with Crippen molar-refractivity contribution < 1.29 is 8.42 Å². The second-order valence-corrected chi connectivity index (χ2v) is 4.39. The van der Waals surface area contributed by atoms with E-state index in [1.165, 1.54) is 14.0 Å². The standard InChI is InChI=1S/C6H9N3O4S/c1-3-4(14(12,13)7-2)5(10)9-6(11)8-3/h7H,1-2H3,(H2,8,9,10,11). The quantitative estimate of drug-likeness (QED) is 0.549. The van der Waals surface area contributed by atoms with E-state index >= 15 is 0 Å². The van der Waals surface area contributed by atoms with E-state index in [9.17, 15) is 18.0 Å². The van der Waals surface area contributed by atoms with Crippen molar-refractivity contribution in [3.8, 4) is 0 Å². The predicted octanol–water partition coefficient (Wildman–Crippen LogP) is -1.72. The van der Waals surface area contributed by atoms with Crippen molar-refractivity contribution >= 4 is 10.0 Å². The fraction of sp³-hybridized carbons (Fsp3) is 0.333. The topological polar surface area (TPSA) is 112 Å². The fourth-order valence-corrected chi connectivity index (χ4v) is 1.97. The molecule has 1 aromatic heterocycles. The van der Waals surface area contributed by atoms with Gasteiger partial charge in [0.1, 0.15) is 0 Å². The third-order valence-corrected chi connectivity index (χ3v) is 3.18. The van der Waals surface area contributed by atoms with E-state index in [-0.39, 0.29) is 5.69 Å². The van der Waals surface area contributed by atoms with Crippen LogP contribution in [0.4, 0.5) is 0 Å². The Kier molecular flexibility index (Phi) is 2.58. The largest absolute Gasteiger partial charge is 0.325 e. The minimum Gasteiger partial charge on any atom is -0.310 e. The van der Waals surface area contributed by atoms with E-state index in [4.69, 9.17) is 0 Å². The molecule has 0 spiro atoms. The van der Waals surface area contributed by atoms with Gasteiger partial charge in [0.05, 0.1) is 0 Å². The Balaban J connectivity index is 3.68. The molecule has 0 aromatic carbocycles. The summed E-state index contributed by atoms with van der Waals surface area (Å²) in [6.45, 7) is 1.33. The fourth-order valence-electron chi connectivity index (χ4n) is 1.01. The van der Waals surface area contributed by atoms with Gasteiger partial charge < -0.3 is 4.98 Å². The molecule has 0 atom stereocenters. The Morgan fingerprint density at radius 3 is 2.21 bits per heavy atom. The number of aromatic amines is 2. The molecule has 0 saturated carbocycles. The molecule has 1 heterocycles. The summed E-state index contributed by atoms with van der Waals surface area (Å²) in [5.41, 5.74) is -1.66. The summed E-state index contributed by atoms with van der Waals surface area (Å²) in [7, 11) is -2.66. The molecular weight excluding hydrogens is 210 g/mol. The molecule has 0 aliphatic rings. The monoisotopic (exact) mass is 219 g/mol. The molecule has 3 N–H and O–H groups in total. The summed E-state index contributed by atoms with van der Waals surface area (Å²) in [6, 6.07) is 0. The van der Waals surface area contributed by atoms with Crippen LogP contribution in [0.25, 0.3) is 0 Å². The highest BCUT2D eigenvalue weighted by atomic mass is 32.2. The molecule has 0 unspecified atom stereocenters. The molecule has 0 fully saturated rings. The molecule has 0 aliphatic heterocycles. The van der Waals surface area contributed by atoms with Crippen molar-refractivity contribution in [2.45, 2.75) is 11.8 Å². The molecule has 0 saturated heterocycles. The van der Waals surface area contributed by atoms with Crippen LogP contribution in [-0.2, 0) is 10.0 Å². The van der Waals surface area contributed by atoms with Gasteiger partial charge in [0.25, 0.3) is 5.56 Å². The number of H-pyrrole nitrogens is 2. The first-order chi connectivity index (χ1) is 6.38. The second kappa shape index (κ2) is 3.39. The van der Waals surface area contributed by atoms with Crippen LogP contribution in [0.3, 0.4) is 0 Å². The molecule has 1 rings (SSSR count). The van der Waals surface area contributed by atoms with Crippen LogP contribution >= 0.6 is 0 Å². The second-order valence-electron chi connectivity index (χ2n) is 2.57. The Hall–Kier alpha value is -1.41. The van der Waals surface area contributed by atoms with Crippen LogP contribution in [0.1, 0.15) is 5.69 Å². The molecule has 78 valence electrons. The minimum absolute atomic E-state index is 0.00750. The molecule has 0 amide bonds. The third-order valence-electron chi connectivity index (χ3n) is 1.61. The predicted molar refractivity (Wildman–Crippen MR) is 48.7 cm³/mol. The van der Waals surface area contributed by atoms with Gasteiger partial charge in [0.15, 0.2) is 4.90 Å². The lowest BCUT2D eigenvalue weighted by molar-refractivity contribution is 0.585. The highest BCUT2D eigenvalue weighted by Crippen LogP contribution is 2.02. The molecule has 7 nitrogen and oxygen atoms in total. The zero-order valence-electron chi connectivity index (χ0n) is 7.54. The molecule has 0 aliphatic carbocycles. The van der Waals surface area contributed by atoms with Gasteiger partial charge in [0.2, 0.25) is 10.0 Å². The normalized spacial score (nSPS) is 11.6. The van der Waals surface area contributed by atoms with E-state index < -0.39 is 26.2 Å². The maximum atomic E-state index is 11.3. The van der Waals surface area contributed by atoms with Gasteiger partial charge in [-0.25, -0.2) is 17.9 Å². The van der Waals surface area contributed by atoms with E-state index in [1.54, 1.807) is 0 Å². The van der Waals surface area contributed by atoms with Gasteiger partial charge in [-0.2, -0.15) is 0 Å². The number of hydrogen-bond acceptors (Lipinski definition) is 4. The Morgan fingerprint density at radius 2 is 1.79 bits per heavy atom. The van der Waals surface area contributed by atoms with Gasteiger partial charge in [-0.1, -0.05) is 0 Å². The van der Waals surface area contributed by atoms with Gasteiger partial charge in [-0.05, 0) is 14.0 Å². The number of rotatable bonds is 2. The van der Waals surface area contributed by atoms with E-state index in [0.717, 1.165) is 0 Å². The number of aryl methyl sites for hydroxylation is 1. The molecule has 0 bridgehead atoms. The third kappa shape index (κ3) is 1.75. The lowest BCUT2D eigenvalue weighted by atomic mass is 10.4. The van der Waals surface area contributed by atoms with Gasteiger partial charge in [-0.3, -0.25) is 9.78 Å². The molecular formula is C6H9N3O4S. The highest BCUT2D eigenvalue weighted by Gasteiger charge is 2.19. The first-order valence-corrected chi connectivity index (χ1v) is 5.13. The number of hydrogen-bond donors (Lipinski definition) is 3. The Labute approximate surface area is 79.2 Å². The van der Waals surface area contributed by atoms with Crippen molar-refractivity contribution in [1.82, 2.24) is 14.7 Å². The summed E-state index contributed by atoms with van der Waals surface area (Å²) in [5, 5.41) is 0. The van der Waals surface area contributed by atoms with Crippen LogP contribution in [-0.4, -0.2) is 25.4 Å². The molecule has 1 aromatic rings. The maximum absolute atomic E-state index is 11.3.